The fourth-order valence-corrected chi connectivity index (χ4v) is 7.98. The third-order valence-corrected chi connectivity index (χ3v) is 12.4. The van der Waals surface area contributed by atoms with Gasteiger partial charge in [-0.05, 0) is 98.5 Å². The molecular weight excluding hydrogens is 881 g/mol. The van der Waals surface area contributed by atoms with Crippen molar-refractivity contribution in [1.29, 1.82) is 0 Å². The largest absolute Gasteiger partial charge is 0.382 e. The third kappa shape index (κ3) is 20.3. The van der Waals surface area contributed by atoms with Crippen LogP contribution in [0.5, 0.6) is 0 Å². The topological polar surface area (TPSA) is 88.7 Å². The van der Waals surface area contributed by atoms with Gasteiger partial charge in [0.2, 0.25) is 11.8 Å². The molecule has 346 valence electrons. The summed E-state index contributed by atoms with van der Waals surface area (Å²) in [6.07, 6.45) is 4.03. The lowest BCUT2D eigenvalue weighted by atomic mass is 10.1. The summed E-state index contributed by atoms with van der Waals surface area (Å²) >= 11 is 12.2. The van der Waals surface area contributed by atoms with E-state index in [1.165, 1.54) is 21.6 Å². The molecule has 0 bridgehead atoms. The highest BCUT2D eigenvalue weighted by Gasteiger charge is 2.19. The lowest BCUT2D eigenvalue weighted by molar-refractivity contribution is -0.121. The van der Waals surface area contributed by atoms with E-state index in [-0.39, 0.29) is 17.1 Å². The van der Waals surface area contributed by atoms with Gasteiger partial charge in [-0.15, -0.1) is 36.2 Å². The van der Waals surface area contributed by atoms with Crippen molar-refractivity contribution >= 4 is 83.3 Å². The summed E-state index contributed by atoms with van der Waals surface area (Å²) in [5.74, 6) is -0.0483. The normalized spacial score (nSPS) is 11.1. The number of para-hydroxylation sites is 1. The van der Waals surface area contributed by atoms with Crippen molar-refractivity contribution in [3.8, 4) is 0 Å². The number of carbonyl (C=O) groups excluding carboxylic acids is 2. The van der Waals surface area contributed by atoms with E-state index in [0.717, 1.165) is 38.8 Å². The number of thioether (sulfide) groups is 2. The molecular formula is C53H68N6O2S4. The maximum atomic E-state index is 12.6. The Bertz CT molecular complexity index is 2220. The van der Waals surface area contributed by atoms with Gasteiger partial charge < -0.3 is 31.1 Å². The number of aryl methyl sites for hydroxylation is 3. The zero-order valence-corrected chi connectivity index (χ0v) is 42.8. The molecule has 6 aromatic carbocycles. The minimum absolute atomic E-state index is 0.0510. The van der Waals surface area contributed by atoms with E-state index >= 15 is 0 Å². The molecule has 0 aliphatic rings. The summed E-state index contributed by atoms with van der Waals surface area (Å²) in [6.45, 7) is 8.63. The molecule has 12 heteroatoms. The van der Waals surface area contributed by atoms with Crippen molar-refractivity contribution in [2.45, 2.75) is 41.1 Å². The van der Waals surface area contributed by atoms with Gasteiger partial charge in [0.05, 0.1) is 0 Å². The van der Waals surface area contributed by atoms with Crippen molar-refractivity contribution in [1.82, 2.24) is 10.6 Å². The second kappa shape index (κ2) is 30.1. The van der Waals surface area contributed by atoms with Gasteiger partial charge in [-0.1, -0.05) is 114 Å². The molecule has 0 aliphatic heterocycles. The number of amides is 2. The van der Waals surface area contributed by atoms with E-state index in [4.69, 9.17) is 0 Å². The summed E-state index contributed by atoms with van der Waals surface area (Å²) < 4.78 is 0. The standard InChI is InChI=1S/C20H27N3OS2.C19H25N3OS2.2C7H8/c1-23(2)16-11-9-15(10-12-16)19(26-4)20(24)22-14-13-21-17-7-5-6-8-18(17)25-3;1-13-4-9-16(17(24)12-13)20-10-11-21-19(23)18(25)14-5-7-15(8-6-14)22(2)3;2*1-7-5-3-2-4-6-7/h5-12,19,21H,13-14H2,1-4H3,(H,22,24);4-9,12,18,20,24-25H,10-11H2,1-3H3,(H,21,23);2*2-6H,1H3. The minimum atomic E-state index is -0.476. The molecule has 0 spiro atoms. The van der Waals surface area contributed by atoms with Gasteiger partial charge in [0, 0.05) is 86.9 Å². The van der Waals surface area contributed by atoms with Crippen LogP contribution in [0.4, 0.5) is 22.7 Å². The highest BCUT2D eigenvalue weighted by Crippen LogP contribution is 2.29. The average Bonchev–Trinajstić information content (AvgIpc) is 3.31. The first-order valence-electron chi connectivity index (χ1n) is 21.5. The Hall–Kier alpha value is -5.14. The zero-order chi connectivity index (χ0) is 47.6. The summed E-state index contributed by atoms with van der Waals surface area (Å²) in [5.41, 5.74) is 10.0. The SMILES string of the molecule is CSc1ccccc1NCCNC(=O)C(SC)c1ccc(N(C)C)cc1.Cc1ccc(NCCNC(=O)C(S)c2ccc(N(C)C)cc2)c(S)c1.Cc1ccccc1.Cc1ccccc1. The molecule has 2 amide bonds. The lowest BCUT2D eigenvalue weighted by Gasteiger charge is -2.18. The van der Waals surface area contributed by atoms with Crippen LogP contribution >= 0.6 is 48.8 Å². The van der Waals surface area contributed by atoms with Gasteiger partial charge in [-0.2, -0.15) is 12.6 Å². The van der Waals surface area contributed by atoms with Crippen LogP contribution in [0.25, 0.3) is 0 Å². The molecule has 65 heavy (non-hydrogen) atoms. The van der Waals surface area contributed by atoms with E-state index < -0.39 is 5.25 Å². The van der Waals surface area contributed by atoms with Gasteiger partial charge in [-0.3, -0.25) is 9.59 Å². The van der Waals surface area contributed by atoms with Gasteiger partial charge >= 0.3 is 0 Å². The fraction of sp³-hybridized carbons (Fsp3) is 0.283. The predicted octanol–water partition coefficient (Wildman–Crippen LogP) is 11.6. The predicted molar refractivity (Wildman–Crippen MR) is 292 cm³/mol. The third-order valence-electron chi connectivity index (χ3n) is 9.78. The van der Waals surface area contributed by atoms with E-state index in [1.807, 2.05) is 162 Å². The molecule has 4 N–H and O–H groups in total. The molecule has 2 atom stereocenters. The van der Waals surface area contributed by atoms with Crippen molar-refractivity contribution < 1.29 is 9.59 Å². The van der Waals surface area contributed by atoms with Crippen LogP contribution in [0.1, 0.15) is 38.3 Å². The number of rotatable bonds is 16. The van der Waals surface area contributed by atoms with Crippen molar-refractivity contribution in [2.24, 2.45) is 0 Å². The Morgan fingerprint density at radius 3 is 1.45 bits per heavy atom. The van der Waals surface area contributed by atoms with Crippen LogP contribution in [0.3, 0.4) is 0 Å². The summed E-state index contributed by atoms with van der Waals surface area (Å²) in [4.78, 5) is 31.0. The van der Waals surface area contributed by atoms with Crippen LogP contribution in [0.15, 0.2) is 161 Å². The fourth-order valence-electron chi connectivity index (χ4n) is 6.05. The molecule has 6 aromatic rings. The van der Waals surface area contributed by atoms with Gasteiger partial charge in [0.1, 0.15) is 10.5 Å². The first kappa shape index (κ1) is 54.2. The van der Waals surface area contributed by atoms with Crippen LogP contribution in [0.2, 0.25) is 0 Å². The Morgan fingerprint density at radius 2 is 1.00 bits per heavy atom. The number of carbonyl (C=O) groups is 2. The molecule has 0 fully saturated rings. The van der Waals surface area contributed by atoms with E-state index in [2.05, 4.69) is 108 Å². The highest BCUT2D eigenvalue weighted by molar-refractivity contribution is 7.99. The van der Waals surface area contributed by atoms with Crippen molar-refractivity contribution in [2.75, 3.05) is 87.3 Å². The molecule has 0 aromatic heterocycles. The van der Waals surface area contributed by atoms with E-state index in [9.17, 15) is 9.59 Å². The van der Waals surface area contributed by atoms with Gasteiger partial charge in [-0.25, -0.2) is 0 Å². The number of nitrogens with one attached hydrogen (secondary N) is 4. The Kier molecular flexibility index (Phi) is 25.1. The molecule has 0 saturated heterocycles. The van der Waals surface area contributed by atoms with Crippen molar-refractivity contribution in [3.63, 3.8) is 0 Å². The summed E-state index contributed by atoms with van der Waals surface area (Å²) in [5, 5.41) is 11.9. The molecule has 2 unspecified atom stereocenters. The van der Waals surface area contributed by atoms with E-state index in [0.29, 0.717) is 26.2 Å². The molecule has 0 aliphatic carbocycles. The van der Waals surface area contributed by atoms with Crippen LogP contribution in [0, 0.1) is 20.8 Å². The first-order chi connectivity index (χ1) is 31.2. The Balaban J connectivity index is 0.000000265. The first-order valence-corrected chi connectivity index (χ1v) is 25.0. The maximum Gasteiger partial charge on any atom is 0.237 e. The number of benzene rings is 6. The molecule has 0 radical (unpaired) electrons. The zero-order valence-electron chi connectivity index (χ0n) is 39.3. The minimum Gasteiger partial charge on any atom is -0.382 e. The molecule has 0 saturated carbocycles. The highest BCUT2D eigenvalue weighted by atomic mass is 32.2. The second-order valence-corrected chi connectivity index (χ2v) is 18.2. The monoisotopic (exact) mass is 948 g/mol. The Morgan fingerprint density at radius 1 is 0.538 bits per heavy atom. The van der Waals surface area contributed by atoms with E-state index in [1.54, 1.807) is 23.5 Å². The second-order valence-electron chi connectivity index (χ2n) is 15.5. The maximum absolute atomic E-state index is 12.6. The number of nitrogens with zero attached hydrogens (tertiary/aromatic N) is 2. The quantitative estimate of drug-likeness (QED) is 0.0325. The number of hydrogen-bond acceptors (Lipinski definition) is 10. The number of anilines is 4. The summed E-state index contributed by atoms with van der Waals surface area (Å²) in [6, 6.07) is 50.7. The van der Waals surface area contributed by atoms with Gasteiger partial charge in [0.25, 0.3) is 0 Å². The smallest absolute Gasteiger partial charge is 0.237 e. The van der Waals surface area contributed by atoms with Crippen molar-refractivity contribution in [3.05, 3.63) is 179 Å². The van der Waals surface area contributed by atoms with Crippen LogP contribution < -0.4 is 31.1 Å². The number of hydrogen-bond donors (Lipinski definition) is 6. The lowest BCUT2D eigenvalue weighted by Crippen LogP contribution is -2.32. The molecule has 6 rings (SSSR count). The molecule has 0 heterocycles. The molecule has 8 nitrogen and oxygen atoms in total. The van der Waals surface area contributed by atoms with Crippen LogP contribution in [-0.4, -0.2) is 78.7 Å². The van der Waals surface area contributed by atoms with Gasteiger partial charge in [0.15, 0.2) is 0 Å². The number of thiol groups is 2. The van der Waals surface area contributed by atoms with Crippen LogP contribution in [-0.2, 0) is 9.59 Å². The Labute approximate surface area is 409 Å². The average molecular weight is 949 g/mol. The summed E-state index contributed by atoms with van der Waals surface area (Å²) in [7, 11) is 7.99.